The van der Waals surface area contributed by atoms with Crippen molar-refractivity contribution >= 4 is 23.3 Å². The Hall–Kier alpha value is -2.98. The van der Waals surface area contributed by atoms with Crippen LogP contribution in [0.1, 0.15) is 67.2 Å². The molecule has 0 aliphatic heterocycles. The average molecular weight is 621 g/mol. The lowest BCUT2D eigenvalue weighted by atomic mass is 9.48. The molecule has 4 aliphatic rings. The average Bonchev–Trinajstić information content (AvgIpc) is 3.47. The van der Waals surface area contributed by atoms with Crippen molar-refractivity contribution in [3.63, 3.8) is 0 Å². The molecule has 1 amide bonds. The largest absolute Gasteiger partial charge is 0.459 e. The zero-order valence-corrected chi connectivity index (χ0v) is 27.4. The van der Waals surface area contributed by atoms with Gasteiger partial charge in [-0.25, -0.2) is 4.79 Å². The van der Waals surface area contributed by atoms with Gasteiger partial charge in [0.2, 0.25) is 0 Å². The lowest BCUT2D eigenvalue weighted by Gasteiger charge is -2.62. The minimum Gasteiger partial charge on any atom is -0.459 e. The van der Waals surface area contributed by atoms with Crippen LogP contribution >= 0.6 is 0 Å². The highest BCUT2D eigenvalue weighted by Crippen LogP contribution is 2.75. The molecule has 2 aromatic carbocycles. The smallest absolute Gasteiger partial charge is 0.340 e. The van der Waals surface area contributed by atoms with E-state index in [0.29, 0.717) is 30.5 Å². The summed E-state index contributed by atoms with van der Waals surface area (Å²) in [5, 5.41) is 27.9. The Bertz CT molecular complexity index is 1450. The molecular weight excluding hydrogens is 572 g/mol. The third-order valence-electron chi connectivity index (χ3n) is 12.4. The first-order chi connectivity index (χ1) is 21.4. The highest BCUT2D eigenvalue weighted by molar-refractivity contribution is 6.08. The number of hydrogen-bond donors (Lipinski definition) is 3. The predicted octanol–water partition coefficient (Wildman–Crippen LogP) is 4.76. The van der Waals surface area contributed by atoms with Gasteiger partial charge in [-0.2, -0.15) is 0 Å². The van der Waals surface area contributed by atoms with E-state index in [1.165, 1.54) is 0 Å². The molecule has 0 saturated heterocycles. The van der Waals surface area contributed by atoms with Crippen molar-refractivity contribution in [3.05, 3.63) is 59.7 Å². The molecular formula is C36H48N2O7. The van der Waals surface area contributed by atoms with Crippen molar-refractivity contribution in [3.8, 4) is 0 Å². The summed E-state index contributed by atoms with van der Waals surface area (Å²) in [5.41, 5.74) is -1.06. The Labute approximate surface area is 266 Å². The second kappa shape index (κ2) is 11.4. The monoisotopic (exact) mass is 620 g/mol. The zero-order chi connectivity index (χ0) is 32.5. The Morgan fingerprint density at radius 3 is 2.36 bits per heavy atom. The van der Waals surface area contributed by atoms with Crippen LogP contribution in [-0.2, 0) is 14.2 Å². The van der Waals surface area contributed by atoms with Crippen LogP contribution in [0.5, 0.6) is 0 Å². The third-order valence-corrected chi connectivity index (χ3v) is 12.4. The maximum absolute atomic E-state index is 13.8. The first-order valence-electron chi connectivity index (χ1n) is 16.3. The fourth-order valence-electron chi connectivity index (χ4n) is 10.5. The summed E-state index contributed by atoms with van der Waals surface area (Å²) < 4.78 is 18.1. The van der Waals surface area contributed by atoms with Gasteiger partial charge in [0.05, 0.1) is 23.5 Å². The number of anilines is 2. The van der Waals surface area contributed by atoms with Gasteiger partial charge in [0.1, 0.15) is 17.3 Å². The summed E-state index contributed by atoms with van der Waals surface area (Å²) in [5.74, 6) is -1.26. The number of rotatable bonds is 9. The van der Waals surface area contributed by atoms with Gasteiger partial charge in [0.25, 0.3) is 5.91 Å². The number of carbonyl (C=O) groups is 2. The first-order valence-corrected chi connectivity index (χ1v) is 16.3. The van der Waals surface area contributed by atoms with E-state index in [2.05, 4.69) is 19.2 Å². The van der Waals surface area contributed by atoms with Gasteiger partial charge < -0.3 is 34.6 Å². The lowest BCUT2D eigenvalue weighted by molar-refractivity contribution is -0.308. The van der Waals surface area contributed by atoms with Gasteiger partial charge in [-0.3, -0.25) is 4.79 Å². The topological polar surface area (TPSA) is 118 Å². The summed E-state index contributed by atoms with van der Waals surface area (Å²) in [4.78, 5) is 28.8. The molecule has 9 nitrogen and oxygen atoms in total. The van der Waals surface area contributed by atoms with E-state index in [0.717, 1.165) is 12.1 Å². The fraction of sp³-hybridized carbons (Fsp3) is 0.611. The molecule has 4 bridgehead atoms. The van der Waals surface area contributed by atoms with Crippen molar-refractivity contribution in [1.29, 1.82) is 0 Å². The Morgan fingerprint density at radius 2 is 1.73 bits per heavy atom. The molecule has 4 aliphatic carbocycles. The van der Waals surface area contributed by atoms with Gasteiger partial charge in [-0.1, -0.05) is 32.4 Å². The van der Waals surface area contributed by atoms with Crippen molar-refractivity contribution in [2.75, 3.05) is 38.5 Å². The van der Waals surface area contributed by atoms with E-state index in [1.54, 1.807) is 50.6 Å². The number of fused-ring (bicyclic) bond motifs is 5. The highest BCUT2D eigenvalue weighted by Gasteiger charge is 2.82. The maximum atomic E-state index is 13.8. The number of aliphatic hydroxyl groups is 2. The van der Waals surface area contributed by atoms with Crippen LogP contribution in [0.3, 0.4) is 0 Å². The van der Waals surface area contributed by atoms with Gasteiger partial charge in [0.15, 0.2) is 0 Å². The van der Waals surface area contributed by atoms with E-state index in [1.807, 2.05) is 38.1 Å². The van der Waals surface area contributed by atoms with E-state index in [4.69, 9.17) is 14.2 Å². The standard InChI is InChI=1S/C36H48N2O7/c1-8-25-27-18-26(34(25,3)30-17-24-29(43-6)19-35(27,41)36(30,42)31(24)44-7)20(2)45-33(40)23-11-9-10-12-28(23)37-32(39)21-13-15-22(16-14-21)38(4)5/h9-16,20,24-27,29-31,41-42H,8,17-19H2,1-7H3,(H,37,39)/t20-,24?,25+,26?,27?,29-,30?,31-,34?,35+,36+/m0/s1. The SMILES string of the molecule is CC[C@@H]1C2CC([C@H](C)OC(=O)c3ccccc3NC(=O)c3ccc(N(C)C)cc3)C1(C)C1CC3[C@@H](OC)C[C@]2(O)[C@]1(O)[C@H]3OC. The molecule has 45 heavy (non-hydrogen) atoms. The minimum atomic E-state index is -1.41. The molecule has 3 N–H and O–H groups in total. The summed E-state index contributed by atoms with van der Waals surface area (Å²) in [6.45, 7) is 6.30. The molecule has 0 spiro atoms. The second-order valence-electron chi connectivity index (χ2n) is 14.2. The summed E-state index contributed by atoms with van der Waals surface area (Å²) in [6.07, 6.45) is 1.29. The molecule has 2 aromatic rings. The zero-order valence-electron chi connectivity index (χ0n) is 27.4. The van der Waals surface area contributed by atoms with Crippen LogP contribution in [0.25, 0.3) is 0 Å². The molecule has 6 rings (SSSR count). The van der Waals surface area contributed by atoms with Crippen LogP contribution < -0.4 is 10.2 Å². The molecule has 11 atom stereocenters. The van der Waals surface area contributed by atoms with Crippen LogP contribution in [0.4, 0.5) is 11.4 Å². The molecule has 0 radical (unpaired) electrons. The van der Waals surface area contributed by atoms with Crippen LogP contribution in [0.2, 0.25) is 0 Å². The van der Waals surface area contributed by atoms with Gasteiger partial charge in [-0.05, 0) is 79.3 Å². The normalized spacial score (nSPS) is 38.5. The number of para-hydroxylation sites is 1. The predicted molar refractivity (Wildman–Crippen MR) is 171 cm³/mol. The number of ether oxygens (including phenoxy) is 3. The van der Waals surface area contributed by atoms with E-state index in [-0.39, 0.29) is 47.2 Å². The number of nitrogens with one attached hydrogen (secondary N) is 1. The molecule has 4 saturated carbocycles. The Balaban J connectivity index is 1.26. The van der Waals surface area contributed by atoms with Crippen molar-refractivity contribution in [2.45, 2.75) is 76.0 Å². The van der Waals surface area contributed by atoms with Crippen LogP contribution in [0.15, 0.2) is 48.5 Å². The van der Waals surface area contributed by atoms with Crippen LogP contribution in [0, 0.1) is 35.0 Å². The van der Waals surface area contributed by atoms with Crippen molar-refractivity contribution in [1.82, 2.24) is 0 Å². The lowest BCUT2D eigenvalue weighted by Crippen LogP contribution is -2.75. The van der Waals surface area contributed by atoms with Gasteiger partial charge in [0, 0.05) is 57.8 Å². The number of esters is 1. The van der Waals surface area contributed by atoms with Crippen molar-refractivity contribution in [2.24, 2.45) is 35.0 Å². The highest BCUT2D eigenvalue weighted by atomic mass is 16.5. The van der Waals surface area contributed by atoms with Gasteiger partial charge >= 0.3 is 5.97 Å². The molecule has 9 heteroatoms. The first kappa shape index (κ1) is 32.0. The number of amides is 1. The van der Waals surface area contributed by atoms with E-state index < -0.39 is 34.8 Å². The summed E-state index contributed by atoms with van der Waals surface area (Å²) in [6, 6.07) is 14.1. The van der Waals surface area contributed by atoms with Gasteiger partial charge in [-0.15, -0.1) is 0 Å². The molecule has 0 heterocycles. The fourth-order valence-corrected chi connectivity index (χ4v) is 10.5. The molecule has 244 valence electrons. The number of benzene rings is 2. The number of hydrogen-bond acceptors (Lipinski definition) is 8. The summed E-state index contributed by atoms with van der Waals surface area (Å²) in [7, 11) is 7.16. The summed E-state index contributed by atoms with van der Waals surface area (Å²) >= 11 is 0. The van der Waals surface area contributed by atoms with Crippen LogP contribution in [-0.4, -0.2) is 79.9 Å². The molecule has 5 unspecified atom stereocenters. The second-order valence-corrected chi connectivity index (χ2v) is 14.2. The Morgan fingerprint density at radius 1 is 1.04 bits per heavy atom. The Kier molecular flexibility index (Phi) is 8.08. The third kappa shape index (κ3) is 4.48. The number of carbonyl (C=O) groups excluding carboxylic acids is 2. The molecule has 0 aromatic heterocycles. The quantitative estimate of drug-likeness (QED) is 0.344. The number of methoxy groups -OCH3 is 2. The minimum absolute atomic E-state index is 0.0305. The molecule has 4 fully saturated rings. The maximum Gasteiger partial charge on any atom is 0.340 e. The van der Waals surface area contributed by atoms with E-state index >= 15 is 0 Å². The van der Waals surface area contributed by atoms with E-state index in [9.17, 15) is 19.8 Å². The number of nitrogens with zero attached hydrogens (tertiary/aromatic N) is 1. The van der Waals surface area contributed by atoms with Crippen molar-refractivity contribution < 1.29 is 34.0 Å².